The molecule has 22 heavy (non-hydrogen) atoms. The normalized spacial score (nSPS) is 13.0. The molecule has 1 rings (SSSR count). The first-order chi connectivity index (χ1) is 10.1. The molecule has 1 aromatic heterocycles. The van der Waals surface area contributed by atoms with Crippen LogP contribution in [0.15, 0.2) is 16.8 Å². The van der Waals surface area contributed by atoms with E-state index in [1.54, 1.807) is 6.08 Å². The van der Waals surface area contributed by atoms with Crippen LogP contribution in [0.4, 0.5) is 0 Å². The van der Waals surface area contributed by atoms with Crippen LogP contribution in [0.5, 0.6) is 0 Å². The lowest BCUT2D eigenvalue weighted by molar-refractivity contribution is 0.0690. The zero-order chi connectivity index (χ0) is 16.8. The van der Waals surface area contributed by atoms with Crippen molar-refractivity contribution in [2.45, 2.75) is 58.2 Å². The van der Waals surface area contributed by atoms with E-state index in [-0.39, 0.29) is 10.7 Å². The molecule has 0 saturated carbocycles. The highest BCUT2D eigenvalue weighted by Gasteiger charge is 2.36. The maximum atomic E-state index is 10.7. The number of aromatic nitrogens is 1. The van der Waals surface area contributed by atoms with E-state index < -0.39 is 14.3 Å². The molecule has 0 unspecified atom stereocenters. The van der Waals surface area contributed by atoms with Crippen molar-refractivity contribution in [2.75, 3.05) is 6.61 Å². The van der Waals surface area contributed by atoms with Crippen molar-refractivity contribution in [3.05, 3.63) is 23.9 Å². The van der Waals surface area contributed by atoms with Crippen LogP contribution in [0.1, 0.15) is 56.4 Å². The van der Waals surface area contributed by atoms with Crippen LogP contribution in [0.2, 0.25) is 18.1 Å². The van der Waals surface area contributed by atoms with Crippen LogP contribution in [0, 0.1) is 0 Å². The van der Waals surface area contributed by atoms with Crippen molar-refractivity contribution in [1.29, 1.82) is 0 Å². The van der Waals surface area contributed by atoms with E-state index in [1.165, 1.54) is 0 Å². The number of allylic oxidation sites excluding steroid dienone is 1. The Morgan fingerprint density at radius 1 is 1.41 bits per heavy atom. The van der Waals surface area contributed by atoms with Crippen LogP contribution in [0.3, 0.4) is 0 Å². The van der Waals surface area contributed by atoms with E-state index in [0.29, 0.717) is 5.89 Å². The fourth-order valence-electron chi connectivity index (χ4n) is 1.55. The SMILES string of the molecule is CC(C)(C)[Si](C)(C)OCCCC/C=C/c1nc(C(=O)O)co1. The maximum Gasteiger partial charge on any atom is 0.357 e. The van der Waals surface area contributed by atoms with Gasteiger partial charge in [-0.1, -0.05) is 26.8 Å². The molecule has 0 spiro atoms. The molecule has 0 aromatic carbocycles. The first kappa shape index (κ1) is 18.6. The minimum Gasteiger partial charge on any atom is -0.476 e. The predicted molar refractivity (Wildman–Crippen MR) is 89.5 cm³/mol. The Hall–Kier alpha value is -1.40. The third-order valence-electron chi connectivity index (χ3n) is 4.04. The number of hydrogen-bond donors (Lipinski definition) is 1. The molecule has 1 N–H and O–H groups in total. The lowest BCUT2D eigenvalue weighted by Gasteiger charge is -2.36. The summed E-state index contributed by atoms with van der Waals surface area (Å²) >= 11 is 0. The van der Waals surface area contributed by atoms with Gasteiger partial charge in [0.25, 0.3) is 0 Å². The topological polar surface area (TPSA) is 72.6 Å². The summed E-state index contributed by atoms with van der Waals surface area (Å²) in [5.41, 5.74) is -0.0672. The van der Waals surface area contributed by atoms with Crippen molar-refractivity contribution in [1.82, 2.24) is 4.98 Å². The molecule has 0 bridgehead atoms. The highest BCUT2D eigenvalue weighted by Crippen LogP contribution is 2.36. The average Bonchev–Trinajstić information content (AvgIpc) is 2.85. The number of unbranched alkanes of at least 4 members (excludes halogenated alkanes) is 2. The minimum absolute atomic E-state index is 0.0672. The van der Waals surface area contributed by atoms with Gasteiger partial charge in [-0.2, -0.15) is 0 Å². The lowest BCUT2D eigenvalue weighted by atomic mass is 10.2. The summed E-state index contributed by atoms with van der Waals surface area (Å²) < 4.78 is 11.1. The van der Waals surface area contributed by atoms with Crippen LogP contribution in [-0.2, 0) is 4.43 Å². The number of carboxylic acids is 1. The van der Waals surface area contributed by atoms with Crippen LogP contribution in [0.25, 0.3) is 6.08 Å². The molecule has 0 radical (unpaired) electrons. The van der Waals surface area contributed by atoms with Crippen molar-refractivity contribution in [2.24, 2.45) is 0 Å². The Labute approximate surface area is 133 Å². The summed E-state index contributed by atoms with van der Waals surface area (Å²) in [4.78, 5) is 14.5. The molecule has 0 atom stereocenters. The minimum atomic E-state index is -1.63. The van der Waals surface area contributed by atoms with E-state index in [0.717, 1.165) is 32.1 Å². The van der Waals surface area contributed by atoms with E-state index in [4.69, 9.17) is 13.9 Å². The van der Waals surface area contributed by atoms with E-state index in [9.17, 15) is 4.79 Å². The largest absolute Gasteiger partial charge is 0.476 e. The fourth-order valence-corrected chi connectivity index (χ4v) is 2.64. The molecule has 1 aromatic rings. The molecule has 0 amide bonds. The quantitative estimate of drug-likeness (QED) is 0.559. The third kappa shape index (κ3) is 5.77. The summed E-state index contributed by atoms with van der Waals surface area (Å²) in [6, 6.07) is 0. The second-order valence-electron chi connectivity index (χ2n) is 6.88. The molecule has 1 heterocycles. The number of nitrogens with zero attached hydrogens (tertiary/aromatic N) is 1. The van der Waals surface area contributed by atoms with Gasteiger partial charge in [-0.05, 0) is 43.5 Å². The number of hydrogen-bond acceptors (Lipinski definition) is 4. The lowest BCUT2D eigenvalue weighted by Crippen LogP contribution is -2.40. The van der Waals surface area contributed by atoms with Crippen LogP contribution in [-0.4, -0.2) is 31.0 Å². The summed E-state index contributed by atoms with van der Waals surface area (Å²) in [6.07, 6.45) is 7.74. The van der Waals surface area contributed by atoms with E-state index in [1.807, 2.05) is 6.08 Å². The maximum absolute atomic E-state index is 10.7. The Kier molecular flexibility index (Phi) is 6.56. The summed E-state index contributed by atoms with van der Waals surface area (Å²) in [5, 5.41) is 8.98. The van der Waals surface area contributed by atoms with Crippen molar-refractivity contribution in [3.8, 4) is 0 Å². The predicted octanol–water partition coefficient (Wildman–Crippen LogP) is 4.58. The average molecular weight is 325 g/mol. The highest BCUT2D eigenvalue weighted by molar-refractivity contribution is 6.74. The molecule has 124 valence electrons. The van der Waals surface area contributed by atoms with Gasteiger partial charge in [-0.25, -0.2) is 9.78 Å². The molecule has 5 nitrogen and oxygen atoms in total. The number of carboxylic acid groups (broad SMARTS) is 1. The summed E-state index contributed by atoms with van der Waals surface area (Å²) in [6.45, 7) is 12.0. The monoisotopic (exact) mass is 325 g/mol. The van der Waals surface area contributed by atoms with Crippen molar-refractivity contribution < 1.29 is 18.7 Å². The smallest absolute Gasteiger partial charge is 0.357 e. The summed E-state index contributed by atoms with van der Waals surface area (Å²) in [7, 11) is -1.63. The van der Waals surface area contributed by atoms with Gasteiger partial charge in [0.1, 0.15) is 6.26 Å². The molecule has 0 aliphatic carbocycles. The first-order valence-corrected chi connectivity index (χ1v) is 10.5. The van der Waals surface area contributed by atoms with Crippen LogP contribution < -0.4 is 0 Å². The van der Waals surface area contributed by atoms with Gasteiger partial charge in [-0.15, -0.1) is 0 Å². The number of rotatable bonds is 8. The zero-order valence-corrected chi connectivity index (χ0v) is 15.2. The van der Waals surface area contributed by atoms with E-state index >= 15 is 0 Å². The number of oxazole rings is 1. The molecular formula is C16H27NO4Si. The first-order valence-electron chi connectivity index (χ1n) is 7.63. The number of carbonyl (C=O) groups is 1. The molecule has 0 aliphatic heterocycles. The van der Waals surface area contributed by atoms with Crippen LogP contribution >= 0.6 is 0 Å². The van der Waals surface area contributed by atoms with E-state index in [2.05, 4.69) is 38.8 Å². The van der Waals surface area contributed by atoms with Gasteiger partial charge in [0.15, 0.2) is 14.0 Å². The van der Waals surface area contributed by atoms with Gasteiger partial charge in [-0.3, -0.25) is 0 Å². The molecule has 0 fully saturated rings. The summed E-state index contributed by atoms with van der Waals surface area (Å²) in [5.74, 6) is -0.749. The van der Waals surface area contributed by atoms with Gasteiger partial charge in [0.05, 0.1) is 0 Å². The zero-order valence-electron chi connectivity index (χ0n) is 14.2. The van der Waals surface area contributed by atoms with Crippen molar-refractivity contribution >= 4 is 20.4 Å². The molecular weight excluding hydrogens is 298 g/mol. The van der Waals surface area contributed by atoms with Gasteiger partial charge < -0.3 is 13.9 Å². The Morgan fingerprint density at radius 3 is 2.64 bits per heavy atom. The fraction of sp³-hybridized carbons (Fsp3) is 0.625. The third-order valence-corrected chi connectivity index (χ3v) is 8.57. The second kappa shape index (κ2) is 7.74. The highest BCUT2D eigenvalue weighted by atomic mass is 28.4. The van der Waals surface area contributed by atoms with Gasteiger partial charge >= 0.3 is 5.97 Å². The molecule has 0 saturated heterocycles. The second-order valence-corrected chi connectivity index (χ2v) is 11.7. The molecule has 6 heteroatoms. The van der Waals surface area contributed by atoms with Crippen molar-refractivity contribution in [3.63, 3.8) is 0 Å². The Morgan fingerprint density at radius 2 is 2.09 bits per heavy atom. The van der Waals surface area contributed by atoms with Gasteiger partial charge in [0, 0.05) is 6.61 Å². The number of aromatic carboxylic acids is 1. The Balaban J connectivity index is 2.23. The standard InChI is InChI=1S/C16H27NO4Si/c1-16(2,3)22(4,5)21-11-9-7-6-8-10-14-17-13(12-20-14)15(18)19/h8,10,12H,6-7,9,11H2,1-5H3,(H,18,19)/b10-8+. The Bertz CT molecular complexity index is 514. The van der Waals surface area contributed by atoms with Gasteiger partial charge in [0.2, 0.25) is 5.89 Å². The molecule has 0 aliphatic rings.